The van der Waals surface area contributed by atoms with Crippen molar-refractivity contribution >= 4 is 45.7 Å². The van der Waals surface area contributed by atoms with E-state index in [-0.39, 0.29) is 24.1 Å². The van der Waals surface area contributed by atoms with E-state index in [4.69, 9.17) is 14.2 Å². The van der Waals surface area contributed by atoms with Crippen LogP contribution in [0, 0.1) is 0 Å². The van der Waals surface area contributed by atoms with Gasteiger partial charge in [0.15, 0.2) is 0 Å². The lowest BCUT2D eigenvalue weighted by Gasteiger charge is -2.11. The number of para-hydroxylation sites is 2. The van der Waals surface area contributed by atoms with Gasteiger partial charge in [-0.15, -0.1) is 0 Å². The number of anilines is 2. The molecule has 3 rings (SSSR count). The van der Waals surface area contributed by atoms with E-state index in [2.05, 4.69) is 15.6 Å². The van der Waals surface area contributed by atoms with E-state index in [1.165, 1.54) is 18.9 Å². The molecule has 0 aliphatic carbocycles. The normalized spacial score (nSPS) is 12.3. The number of aliphatic imine (C=N–C) groups is 1. The zero-order valence-electron chi connectivity index (χ0n) is 18.1. The number of fused-ring (bicyclic) bond motifs is 1. The summed E-state index contributed by atoms with van der Waals surface area (Å²) in [7, 11) is 3.09. The zero-order chi connectivity index (χ0) is 22.9. The fourth-order valence-electron chi connectivity index (χ4n) is 2.95. The molecule has 8 nitrogen and oxygen atoms in total. The first-order chi connectivity index (χ1) is 15.5. The molecule has 1 heterocycles. The summed E-state index contributed by atoms with van der Waals surface area (Å²) in [6, 6.07) is 12.7. The average molecular weight is 456 g/mol. The van der Waals surface area contributed by atoms with Crippen molar-refractivity contribution in [2.75, 3.05) is 37.2 Å². The molecule has 0 atom stereocenters. The van der Waals surface area contributed by atoms with Crippen molar-refractivity contribution < 1.29 is 23.8 Å². The summed E-state index contributed by atoms with van der Waals surface area (Å²) < 4.78 is 15.6. The zero-order valence-corrected chi connectivity index (χ0v) is 19.0. The smallest absolute Gasteiger partial charge is 0.311 e. The van der Waals surface area contributed by atoms with E-state index in [1.54, 1.807) is 38.3 Å². The van der Waals surface area contributed by atoms with Crippen molar-refractivity contribution in [2.45, 2.75) is 13.3 Å². The monoisotopic (exact) mass is 455 g/mol. The van der Waals surface area contributed by atoms with Crippen LogP contribution in [0.4, 0.5) is 17.1 Å². The maximum absolute atomic E-state index is 12.6. The first-order valence-corrected chi connectivity index (χ1v) is 11.0. The van der Waals surface area contributed by atoms with Gasteiger partial charge in [-0.3, -0.25) is 9.59 Å². The van der Waals surface area contributed by atoms with Gasteiger partial charge < -0.3 is 24.8 Å². The predicted molar refractivity (Wildman–Crippen MR) is 127 cm³/mol. The van der Waals surface area contributed by atoms with Gasteiger partial charge >= 0.3 is 5.97 Å². The lowest BCUT2D eigenvalue weighted by Crippen LogP contribution is -2.16. The van der Waals surface area contributed by atoms with E-state index in [1.807, 2.05) is 24.3 Å². The highest BCUT2D eigenvalue weighted by Gasteiger charge is 2.16. The Kier molecular flexibility index (Phi) is 8.15. The fraction of sp³-hybridized carbons (Fsp3) is 0.261. The molecule has 168 valence electrons. The van der Waals surface area contributed by atoms with Crippen LogP contribution >= 0.6 is 11.8 Å². The van der Waals surface area contributed by atoms with Crippen LogP contribution in [0.5, 0.6) is 11.5 Å². The number of hydrogen-bond donors (Lipinski definition) is 2. The van der Waals surface area contributed by atoms with Crippen LogP contribution in [-0.4, -0.2) is 43.5 Å². The van der Waals surface area contributed by atoms with Crippen molar-refractivity contribution in [3.8, 4) is 11.5 Å². The van der Waals surface area contributed by atoms with Crippen LogP contribution in [0.15, 0.2) is 59.2 Å². The number of carbonyl (C=O) groups excluding carboxylic acids is 2. The van der Waals surface area contributed by atoms with E-state index in [0.29, 0.717) is 34.5 Å². The van der Waals surface area contributed by atoms with E-state index < -0.39 is 0 Å². The van der Waals surface area contributed by atoms with Crippen molar-refractivity contribution in [3.63, 3.8) is 0 Å². The van der Waals surface area contributed by atoms with Crippen LogP contribution < -0.4 is 20.1 Å². The standard InChI is InChI=1S/C23H25N3O5S/c1-4-31-23(28)12-15-11-22(26-18-8-6-5-7-17(18)24-15)32-14-21(27)25-19-10-9-16(29-2)13-20(19)30-3/h5-11,13,24H,4,12,14H2,1-3H3,(H,25,27). The van der Waals surface area contributed by atoms with Gasteiger partial charge in [0.25, 0.3) is 0 Å². The summed E-state index contributed by atoms with van der Waals surface area (Å²) in [6.07, 6.45) is 1.85. The van der Waals surface area contributed by atoms with Gasteiger partial charge in [-0.25, -0.2) is 4.99 Å². The number of ether oxygens (including phenoxy) is 3. The largest absolute Gasteiger partial charge is 0.497 e. The summed E-state index contributed by atoms with van der Waals surface area (Å²) in [4.78, 5) is 29.2. The molecule has 2 aromatic carbocycles. The van der Waals surface area contributed by atoms with E-state index in [9.17, 15) is 9.59 Å². The first-order valence-electron chi connectivity index (χ1n) is 9.98. The van der Waals surface area contributed by atoms with Gasteiger partial charge in [-0.1, -0.05) is 23.9 Å². The molecule has 0 unspecified atom stereocenters. The molecule has 1 aliphatic heterocycles. The molecule has 0 saturated carbocycles. The average Bonchev–Trinajstić information content (AvgIpc) is 2.96. The van der Waals surface area contributed by atoms with Crippen LogP contribution in [0.2, 0.25) is 0 Å². The Hall–Kier alpha value is -3.46. The highest BCUT2D eigenvalue weighted by molar-refractivity contribution is 8.14. The number of methoxy groups -OCH3 is 2. The number of thioether (sulfide) groups is 1. The van der Waals surface area contributed by atoms with Crippen molar-refractivity contribution in [2.24, 2.45) is 4.99 Å². The summed E-state index contributed by atoms with van der Waals surface area (Å²) in [6.45, 7) is 2.08. The second kappa shape index (κ2) is 11.2. The highest BCUT2D eigenvalue weighted by atomic mass is 32.2. The summed E-state index contributed by atoms with van der Waals surface area (Å²) >= 11 is 1.27. The second-order valence-corrected chi connectivity index (χ2v) is 7.64. The first kappa shape index (κ1) is 23.2. The minimum absolute atomic E-state index is 0.0804. The van der Waals surface area contributed by atoms with Crippen molar-refractivity contribution in [3.05, 3.63) is 54.2 Å². The minimum atomic E-state index is -0.334. The number of amides is 1. The number of nitrogens with zero attached hydrogens (tertiary/aromatic N) is 1. The van der Waals surface area contributed by atoms with Gasteiger partial charge in [0.2, 0.25) is 5.91 Å². The molecule has 0 bridgehead atoms. The predicted octanol–water partition coefficient (Wildman–Crippen LogP) is 4.37. The van der Waals surface area contributed by atoms with Crippen LogP contribution in [-0.2, 0) is 14.3 Å². The lowest BCUT2D eigenvalue weighted by atomic mass is 10.2. The Morgan fingerprint density at radius 1 is 1.12 bits per heavy atom. The van der Waals surface area contributed by atoms with Crippen LogP contribution in [0.25, 0.3) is 0 Å². The topological polar surface area (TPSA) is 98.3 Å². The molecule has 0 saturated heterocycles. The molecular weight excluding hydrogens is 430 g/mol. The molecule has 2 aromatic rings. The van der Waals surface area contributed by atoms with Gasteiger partial charge in [-0.05, 0) is 37.3 Å². The molecule has 2 N–H and O–H groups in total. The number of hydrogen-bond acceptors (Lipinski definition) is 8. The third-order valence-electron chi connectivity index (χ3n) is 4.40. The Morgan fingerprint density at radius 2 is 1.94 bits per heavy atom. The Bertz CT molecular complexity index is 1050. The molecule has 0 fully saturated rings. The Morgan fingerprint density at radius 3 is 2.69 bits per heavy atom. The number of esters is 1. The quantitative estimate of drug-likeness (QED) is 0.571. The second-order valence-electron chi connectivity index (χ2n) is 6.65. The summed E-state index contributed by atoms with van der Waals surface area (Å²) in [5, 5.41) is 6.69. The Balaban J connectivity index is 1.72. The maximum atomic E-state index is 12.6. The van der Waals surface area contributed by atoms with Crippen molar-refractivity contribution in [1.82, 2.24) is 0 Å². The number of benzene rings is 2. The Labute approximate surface area is 191 Å². The maximum Gasteiger partial charge on any atom is 0.311 e. The van der Waals surface area contributed by atoms with Crippen molar-refractivity contribution in [1.29, 1.82) is 0 Å². The number of nitrogens with one attached hydrogen (secondary N) is 2. The minimum Gasteiger partial charge on any atom is -0.497 e. The summed E-state index contributed by atoms with van der Waals surface area (Å²) in [5.41, 5.74) is 2.71. The van der Waals surface area contributed by atoms with E-state index >= 15 is 0 Å². The number of carbonyl (C=O) groups is 2. The van der Waals surface area contributed by atoms with E-state index in [0.717, 1.165) is 11.4 Å². The fourth-order valence-corrected chi connectivity index (χ4v) is 3.69. The van der Waals surface area contributed by atoms with Gasteiger partial charge in [0.1, 0.15) is 11.5 Å². The molecular formula is C23H25N3O5S. The molecule has 1 aliphatic rings. The SMILES string of the molecule is CCOC(=O)CC1=CC(SCC(=O)Nc2ccc(OC)cc2OC)=Nc2ccccc2N1. The third kappa shape index (κ3) is 6.27. The molecule has 1 amide bonds. The van der Waals surface area contributed by atoms with Gasteiger partial charge in [0, 0.05) is 11.8 Å². The van der Waals surface area contributed by atoms with Gasteiger partial charge in [-0.2, -0.15) is 0 Å². The molecule has 9 heteroatoms. The number of rotatable bonds is 8. The van der Waals surface area contributed by atoms with Crippen LogP contribution in [0.3, 0.4) is 0 Å². The van der Waals surface area contributed by atoms with Crippen LogP contribution in [0.1, 0.15) is 13.3 Å². The van der Waals surface area contributed by atoms with Gasteiger partial charge in [0.05, 0.1) is 55.1 Å². The molecule has 0 aromatic heterocycles. The molecule has 0 radical (unpaired) electrons. The molecule has 0 spiro atoms. The lowest BCUT2D eigenvalue weighted by molar-refractivity contribution is -0.142. The highest BCUT2D eigenvalue weighted by Crippen LogP contribution is 2.32. The molecule has 32 heavy (non-hydrogen) atoms. The third-order valence-corrected chi connectivity index (χ3v) is 5.31. The summed E-state index contributed by atoms with van der Waals surface area (Å²) in [5.74, 6) is 0.711.